The summed E-state index contributed by atoms with van der Waals surface area (Å²) >= 11 is 0. The van der Waals surface area contributed by atoms with Crippen LogP contribution in [0.1, 0.15) is 40.0 Å². The third-order valence-electron chi connectivity index (χ3n) is 3.34. The van der Waals surface area contributed by atoms with Crippen molar-refractivity contribution >= 4 is 0 Å². The van der Waals surface area contributed by atoms with Gasteiger partial charge in [-0.3, -0.25) is 0 Å². The minimum absolute atomic E-state index is 0.322. The molecule has 0 heterocycles. The first-order chi connectivity index (χ1) is 6.12. The summed E-state index contributed by atoms with van der Waals surface area (Å²) in [7, 11) is 2.04. The highest BCUT2D eigenvalue weighted by molar-refractivity contribution is 5.02. The minimum atomic E-state index is 0.322. The van der Waals surface area contributed by atoms with Crippen LogP contribution in [0.2, 0.25) is 0 Å². The predicted octanol–water partition coefficient (Wildman–Crippen LogP) is 2.19. The Kier molecular flexibility index (Phi) is 3.74. The van der Waals surface area contributed by atoms with Gasteiger partial charge in [0.1, 0.15) is 0 Å². The second kappa shape index (κ2) is 4.43. The van der Waals surface area contributed by atoms with Gasteiger partial charge in [-0.2, -0.15) is 0 Å². The molecule has 1 N–H and O–H groups in total. The fraction of sp³-hybridized carbons (Fsp3) is 1.00. The van der Waals surface area contributed by atoms with Gasteiger partial charge in [0.2, 0.25) is 0 Å². The van der Waals surface area contributed by atoms with Gasteiger partial charge in [0, 0.05) is 18.1 Å². The van der Waals surface area contributed by atoms with E-state index in [1.54, 1.807) is 0 Å². The van der Waals surface area contributed by atoms with Crippen molar-refractivity contribution < 1.29 is 4.74 Å². The van der Waals surface area contributed by atoms with E-state index in [9.17, 15) is 0 Å². The summed E-state index contributed by atoms with van der Waals surface area (Å²) in [6.45, 7) is 7.70. The van der Waals surface area contributed by atoms with Crippen molar-refractivity contribution in [1.82, 2.24) is 5.32 Å². The number of rotatable bonds is 5. The summed E-state index contributed by atoms with van der Waals surface area (Å²) in [5.41, 5.74) is 0.322. The molecule has 2 atom stereocenters. The molecule has 1 fully saturated rings. The molecule has 0 aromatic carbocycles. The van der Waals surface area contributed by atoms with Crippen LogP contribution in [0.15, 0.2) is 0 Å². The molecule has 0 bridgehead atoms. The molecule has 78 valence electrons. The predicted molar refractivity (Wildman–Crippen MR) is 55.9 cm³/mol. The van der Waals surface area contributed by atoms with E-state index < -0.39 is 0 Å². The van der Waals surface area contributed by atoms with E-state index >= 15 is 0 Å². The van der Waals surface area contributed by atoms with Crippen LogP contribution in [-0.4, -0.2) is 25.8 Å². The van der Waals surface area contributed by atoms with Gasteiger partial charge >= 0.3 is 0 Å². The monoisotopic (exact) mass is 185 g/mol. The number of unbranched alkanes of at least 4 members (excludes halogenated alkanes) is 1. The summed E-state index contributed by atoms with van der Waals surface area (Å²) in [4.78, 5) is 0. The lowest BCUT2D eigenvalue weighted by Gasteiger charge is -2.51. The second-order valence-electron chi connectivity index (χ2n) is 4.61. The van der Waals surface area contributed by atoms with Gasteiger partial charge < -0.3 is 10.1 Å². The first-order valence-corrected chi connectivity index (χ1v) is 5.41. The Labute approximate surface area is 82.0 Å². The first kappa shape index (κ1) is 11.0. The first-order valence-electron chi connectivity index (χ1n) is 5.41. The Balaban J connectivity index is 2.23. The highest BCUT2D eigenvalue weighted by Crippen LogP contribution is 2.42. The number of hydrogen-bond acceptors (Lipinski definition) is 2. The molecule has 0 amide bonds. The zero-order valence-corrected chi connectivity index (χ0v) is 9.39. The van der Waals surface area contributed by atoms with Crippen LogP contribution in [0, 0.1) is 5.41 Å². The normalized spacial score (nSPS) is 31.4. The van der Waals surface area contributed by atoms with E-state index in [0.29, 0.717) is 17.6 Å². The fourth-order valence-corrected chi connectivity index (χ4v) is 2.03. The highest BCUT2D eigenvalue weighted by atomic mass is 16.5. The summed E-state index contributed by atoms with van der Waals surface area (Å²) in [6, 6.07) is 0.638. The second-order valence-corrected chi connectivity index (χ2v) is 4.61. The third-order valence-corrected chi connectivity index (χ3v) is 3.34. The molecule has 0 aliphatic heterocycles. The van der Waals surface area contributed by atoms with Gasteiger partial charge in [0.15, 0.2) is 0 Å². The molecule has 1 aliphatic carbocycles. The topological polar surface area (TPSA) is 21.3 Å². The van der Waals surface area contributed by atoms with E-state index in [0.717, 1.165) is 6.61 Å². The standard InChI is InChI=1S/C11H23NO/c1-5-6-7-13-10-8-9(12-4)11(10,2)3/h9-10,12H,5-8H2,1-4H3/t9-,10+/m0/s1. The molecule has 2 heteroatoms. The van der Waals surface area contributed by atoms with Crippen LogP contribution in [0.25, 0.3) is 0 Å². The molecule has 1 aliphatic rings. The van der Waals surface area contributed by atoms with Gasteiger partial charge in [-0.25, -0.2) is 0 Å². The molecule has 0 aromatic heterocycles. The fourth-order valence-electron chi connectivity index (χ4n) is 2.03. The lowest BCUT2D eigenvalue weighted by Crippen LogP contribution is -2.60. The van der Waals surface area contributed by atoms with Crippen LogP contribution in [0.4, 0.5) is 0 Å². The quantitative estimate of drug-likeness (QED) is 0.663. The summed E-state index contributed by atoms with van der Waals surface area (Å²) in [5.74, 6) is 0. The van der Waals surface area contributed by atoms with Crippen LogP contribution in [0.5, 0.6) is 0 Å². The Morgan fingerprint density at radius 1 is 1.46 bits per heavy atom. The van der Waals surface area contributed by atoms with Crippen molar-refractivity contribution in [1.29, 1.82) is 0 Å². The molecular formula is C11H23NO. The van der Waals surface area contributed by atoms with E-state index in [-0.39, 0.29) is 0 Å². The zero-order chi connectivity index (χ0) is 9.90. The molecule has 1 rings (SSSR count). The Hall–Kier alpha value is -0.0800. The number of hydrogen-bond donors (Lipinski definition) is 1. The molecule has 0 saturated heterocycles. The van der Waals surface area contributed by atoms with Crippen molar-refractivity contribution in [3.8, 4) is 0 Å². The average molecular weight is 185 g/mol. The highest BCUT2D eigenvalue weighted by Gasteiger charge is 2.47. The number of nitrogens with one attached hydrogen (secondary N) is 1. The van der Waals surface area contributed by atoms with Gasteiger partial charge in [-0.05, 0) is 19.9 Å². The molecular weight excluding hydrogens is 162 g/mol. The Morgan fingerprint density at radius 3 is 2.62 bits per heavy atom. The molecule has 0 aromatic rings. The van der Waals surface area contributed by atoms with E-state index in [2.05, 4.69) is 26.1 Å². The number of ether oxygens (including phenoxy) is 1. The van der Waals surface area contributed by atoms with E-state index in [1.807, 2.05) is 7.05 Å². The Bertz CT molecular complexity index is 156. The maximum Gasteiger partial charge on any atom is 0.0655 e. The lowest BCUT2D eigenvalue weighted by molar-refractivity contribution is -0.116. The van der Waals surface area contributed by atoms with Crippen LogP contribution >= 0.6 is 0 Å². The molecule has 0 unspecified atom stereocenters. The summed E-state index contributed by atoms with van der Waals surface area (Å²) in [5, 5.41) is 3.33. The Morgan fingerprint density at radius 2 is 2.15 bits per heavy atom. The molecule has 0 spiro atoms. The average Bonchev–Trinajstić information content (AvgIpc) is 2.10. The van der Waals surface area contributed by atoms with Crippen molar-refractivity contribution in [2.75, 3.05) is 13.7 Å². The van der Waals surface area contributed by atoms with Crippen LogP contribution < -0.4 is 5.32 Å². The lowest BCUT2D eigenvalue weighted by atomic mass is 9.64. The van der Waals surface area contributed by atoms with Gasteiger partial charge in [-0.1, -0.05) is 27.2 Å². The maximum absolute atomic E-state index is 5.83. The molecule has 2 nitrogen and oxygen atoms in total. The minimum Gasteiger partial charge on any atom is -0.378 e. The molecule has 0 radical (unpaired) electrons. The third kappa shape index (κ3) is 2.23. The molecule has 1 saturated carbocycles. The van der Waals surface area contributed by atoms with E-state index in [4.69, 9.17) is 4.74 Å². The van der Waals surface area contributed by atoms with Gasteiger partial charge in [0.05, 0.1) is 6.10 Å². The summed E-state index contributed by atoms with van der Waals surface area (Å²) < 4.78 is 5.83. The van der Waals surface area contributed by atoms with Crippen molar-refractivity contribution in [2.45, 2.75) is 52.2 Å². The zero-order valence-electron chi connectivity index (χ0n) is 9.39. The van der Waals surface area contributed by atoms with Crippen molar-refractivity contribution in [3.63, 3.8) is 0 Å². The van der Waals surface area contributed by atoms with Crippen molar-refractivity contribution in [3.05, 3.63) is 0 Å². The smallest absolute Gasteiger partial charge is 0.0655 e. The largest absolute Gasteiger partial charge is 0.378 e. The maximum atomic E-state index is 5.83. The van der Waals surface area contributed by atoms with E-state index in [1.165, 1.54) is 19.3 Å². The van der Waals surface area contributed by atoms with Gasteiger partial charge in [-0.15, -0.1) is 0 Å². The van der Waals surface area contributed by atoms with Crippen LogP contribution in [-0.2, 0) is 4.74 Å². The molecule has 13 heavy (non-hydrogen) atoms. The van der Waals surface area contributed by atoms with Crippen molar-refractivity contribution in [2.24, 2.45) is 5.41 Å². The van der Waals surface area contributed by atoms with Gasteiger partial charge in [0.25, 0.3) is 0 Å². The van der Waals surface area contributed by atoms with Crippen LogP contribution in [0.3, 0.4) is 0 Å². The summed E-state index contributed by atoms with van der Waals surface area (Å²) in [6.07, 6.45) is 4.06. The SMILES string of the molecule is CCCCO[C@@H]1C[C@H](NC)C1(C)C.